The molecular weight excluding hydrogens is 853 g/mol. The Hall–Kier alpha value is -4.93. The Balaban J connectivity index is 0.000000198. The third-order valence-corrected chi connectivity index (χ3v) is 11.6. The molecule has 0 aliphatic rings. The van der Waals surface area contributed by atoms with E-state index in [1.165, 1.54) is 33.0 Å². The van der Waals surface area contributed by atoms with Gasteiger partial charge in [-0.05, 0) is 69.7 Å². The Morgan fingerprint density at radius 2 is 1.33 bits per heavy atom. The van der Waals surface area contributed by atoms with E-state index in [1.807, 2.05) is 42.6 Å². The Morgan fingerprint density at radius 3 is 1.98 bits per heavy atom. The number of aryl methyl sites for hydroxylation is 1. The second kappa shape index (κ2) is 16.2. The van der Waals surface area contributed by atoms with Crippen molar-refractivity contribution in [3.8, 4) is 44.8 Å². The normalized spacial score (nSPS) is 11.5. The van der Waals surface area contributed by atoms with E-state index >= 15 is 0 Å². The maximum absolute atomic E-state index is 6.31. The molecule has 0 spiro atoms. The van der Waals surface area contributed by atoms with Gasteiger partial charge in [-0.1, -0.05) is 136 Å². The summed E-state index contributed by atoms with van der Waals surface area (Å²) in [7, 11) is -1.37. The molecule has 0 atom stereocenters. The van der Waals surface area contributed by atoms with Crippen molar-refractivity contribution in [3.63, 3.8) is 0 Å². The SMILES string of the molecule is CC(C)(C)Cc1cc(-c2[c-]cccc2)ncc1[Si](C)(C)C.Cc1cc(-c2[c-]ccc3c2oc2ccc(-c4ccccc4)cc23)ncc1-c1ccccc1.[Ir]. The molecule has 3 heterocycles. The number of nitrogens with zero attached hydrogens (tertiary/aromatic N) is 2. The second-order valence-corrected chi connectivity index (χ2v) is 21.1. The van der Waals surface area contributed by atoms with Gasteiger partial charge < -0.3 is 14.4 Å². The van der Waals surface area contributed by atoms with E-state index < -0.39 is 8.07 Å². The zero-order valence-electron chi connectivity index (χ0n) is 32.1. The van der Waals surface area contributed by atoms with Crippen LogP contribution in [0, 0.1) is 24.5 Å². The molecule has 0 amide bonds. The van der Waals surface area contributed by atoms with Crippen molar-refractivity contribution in [2.45, 2.75) is 53.8 Å². The first-order valence-corrected chi connectivity index (χ1v) is 21.9. The van der Waals surface area contributed by atoms with Crippen LogP contribution in [-0.2, 0) is 26.5 Å². The van der Waals surface area contributed by atoms with Crippen LogP contribution in [0.3, 0.4) is 0 Å². The quantitative estimate of drug-likeness (QED) is 0.123. The van der Waals surface area contributed by atoms with Gasteiger partial charge in [0.2, 0.25) is 0 Å². The number of benzene rings is 5. The molecule has 5 heteroatoms. The van der Waals surface area contributed by atoms with Crippen LogP contribution in [0.4, 0.5) is 0 Å². The maximum Gasteiger partial charge on any atom is 0.120 e. The van der Waals surface area contributed by atoms with Gasteiger partial charge in [-0.25, -0.2) is 0 Å². The summed E-state index contributed by atoms with van der Waals surface area (Å²) in [6.45, 7) is 16.2. The van der Waals surface area contributed by atoms with Crippen molar-refractivity contribution in [2.24, 2.45) is 5.41 Å². The molecule has 0 bridgehead atoms. The van der Waals surface area contributed by atoms with Crippen LogP contribution < -0.4 is 5.19 Å². The molecule has 8 rings (SSSR count). The van der Waals surface area contributed by atoms with Crippen LogP contribution in [0.25, 0.3) is 66.7 Å². The van der Waals surface area contributed by atoms with E-state index in [0.717, 1.165) is 56.4 Å². The van der Waals surface area contributed by atoms with Gasteiger partial charge in [0.25, 0.3) is 0 Å². The van der Waals surface area contributed by atoms with Crippen molar-refractivity contribution in [1.29, 1.82) is 0 Å². The van der Waals surface area contributed by atoms with Crippen LogP contribution in [0.15, 0.2) is 144 Å². The number of rotatable bonds is 6. The van der Waals surface area contributed by atoms with Gasteiger partial charge in [-0.15, -0.1) is 54.1 Å². The monoisotopic (exact) mass is 899 g/mol. The first-order valence-electron chi connectivity index (χ1n) is 18.4. The zero-order chi connectivity index (χ0) is 37.2. The average Bonchev–Trinajstić information content (AvgIpc) is 3.53. The molecule has 0 aliphatic carbocycles. The Labute approximate surface area is 334 Å². The van der Waals surface area contributed by atoms with E-state index in [4.69, 9.17) is 14.4 Å². The number of hydrogen-bond acceptors (Lipinski definition) is 3. The molecule has 3 aromatic heterocycles. The van der Waals surface area contributed by atoms with Gasteiger partial charge >= 0.3 is 0 Å². The van der Waals surface area contributed by atoms with Crippen molar-refractivity contribution in [1.82, 2.24) is 9.97 Å². The summed E-state index contributed by atoms with van der Waals surface area (Å²) in [6, 6.07) is 50.3. The van der Waals surface area contributed by atoms with E-state index in [2.05, 4.69) is 157 Å². The average molecular weight is 899 g/mol. The van der Waals surface area contributed by atoms with Gasteiger partial charge in [0.05, 0.1) is 13.7 Å². The summed E-state index contributed by atoms with van der Waals surface area (Å²) in [5.74, 6) is 0. The van der Waals surface area contributed by atoms with Gasteiger partial charge in [0.15, 0.2) is 0 Å². The molecule has 0 fully saturated rings. The fraction of sp³-hybridized carbons (Fsp3) is 0.184. The van der Waals surface area contributed by atoms with Crippen LogP contribution in [0.5, 0.6) is 0 Å². The third-order valence-electron chi connectivity index (χ3n) is 9.49. The maximum atomic E-state index is 6.31. The molecule has 3 nitrogen and oxygen atoms in total. The Kier molecular flexibility index (Phi) is 11.6. The predicted molar refractivity (Wildman–Crippen MR) is 226 cm³/mol. The van der Waals surface area contributed by atoms with E-state index in [1.54, 1.807) is 0 Å². The zero-order valence-corrected chi connectivity index (χ0v) is 35.5. The minimum absolute atomic E-state index is 0. The number of aromatic nitrogens is 2. The van der Waals surface area contributed by atoms with E-state index in [0.29, 0.717) is 0 Å². The molecule has 5 aromatic carbocycles. The third kappa shape index (κ3) is 8.71. The van der Waals surface area contributed by atoms with Gasteiger partial charge in [-0.3, -0.25) is 0 Å². The molecule has 273 valence electrons. The predicted octanol–water partition coefficient (Wildman–Crippen LogP) is 12.8. The number of hydrogen-bond donors (Lipinski definition) is 0. The van der Waals surface area contributed by atoms with Crippen molar-refractivity contribution >= 4 is 35.2 Å². The standard InChI is InChI=1S/C30H20NO.C19H26NSi.Ir/c1-20-17-28(31-19-27(20)22-11-6-3-7-12-22)25-14-8-13-24-26-18-23(21-9-4-2-5-10-21)15-16-29(26)32-30(24)25;1-19(2,3)13-16-12-17(15-10-8-7-9-11-15)20-14-18(16)21(4,5)6;/h2-13,15-19H,1H3;7-10,12,14H,13H2,1-6H3;/q2*-1;. The first-order chi connectivity index (χ1) is 25.4. The summed E-state index contributed by atoms with van der Waals surface area (Å²) in [6.07, 6.45) is 5.15. The smallest absolute Gasteiger partial charge is 0.120 e. The largest absolute Gasteiger partial charge is 0.501 e. The summed E-state index contributed by atoms with van der Waals surface area (Å²) in [5.41, 5.74) is 13.2. The summed E-state index contributed by atoms with van der Waals surface area (Å²) >= 11 is 0. The summed E-state index contributed by atoms with van der Waals surface area (Å²) in [4.78, 5) is 9.49. The Bertz CT molecular complexity index is 2500. The first kappa shape index (κ1) is 38.8. The van der Waals surface area contributed by atoms with Crippen molar-refractivity contribution in [3.05, 3.63) is 163 Å². The summed E-state index contributed by atoms with van der Waals surface area (Å²) < 4.78 is 6.31. The molecular formula is C49H46IrN2OSi-2. The van der Waals surface area contributed by atoms with Crippen LogP contribution in [-0.4, -0.2) is 18.0 Å². The molecule has 0 unspecified atom stereocenters. The topological polar surface area (TPSA) is 38.9 Å². The second-order valence-electron chi connectivity index (χ2n) is 16.0. The van der Waals surface area contributed by atoms with Crippen molar-refractivity contribution < 1.29 is 24.5 Å². The van der Waals surface area contributed by atoms with E-state index in [-0.39, 0.29) is 25.5 Å². The van der Waals surface area contributed by atoms with Gasteiger partial charge in [0.1, 0.15) is 5.58 Å². The van der Waals surface area contributed by atoms with Crippen LogP contribution in [0.1, 0.15) is 31.9 Å². The number of pyridine rings is 2. The van der Waals surface area contributed by atoms with Crippen LogP contribution >= 0.6 is 0 Å². The fourth-order valence-electron chi connectivity index (χ4n) is 6.94. The van der Waals surface area contributed by atoms with E-state index in [9.17, 15) is 0 Å². The Morgan fingerprint density at radius 1 is 0.648 bits per heavy atom. The molecule has 54 heavy (non-hydrogen) atoms. The molecule has 0 aliphatic heterocycles. The minimum atomic E-state index is -1.37. The number of furan rings is 1. The summed E-state index contributed by atoms with van der Waals surface area (Å²) in [5, 5.41) is 3.67. The minimum Gasteiger partial charge on any atom is -0.501 e. The molecule has 1 radical (unpaired) electrons. The van der Waals surface area contributed by atoms with Gasteiger partial charge in [-0.2, -0.15) is 0 Å². The fourth-order valence-corrected chi connectivity index (χ4v) is 8.52. The van der Waals surface area contributed by atoms with Crippen LogP contribution in [0.2, 0.25) is 19.6 Å². The molecule has 0 N–H and O–H groups in total. The number of fused-ring (bicyclic) bond motifs is 3. The molecule has 0 saturated heterocycles. The van der Waals surface area contributed by atoms with Gasteiger partial charge in [0, 0.05) is 43.4 Å². The van der Waals surface area contributed by atoms with Crippen molar-refractivity contribution in [2.75, 3.05) is 0 Å². The molecule has 0 saturated carbocycles. The molecule has 8 aromatic rings.